The molecule has 0 heterocycles. The van der Waals surface area contributed by atoms with Crippen molar-refractivity contribution in [1.82, 2.24) is 0 Å². The predicted octanol–water partition coefficient (Wildman–Crippen LogP) is 1.66. The van der Waals surface area contributed by atoms with Gasteiger partial charge in [-0.15, -0.1) is 0 Å². The van der Waals surface area contributed by atoms with Crippen molar-refractivity contribution in [1.29, 1.82) is 0 Å². The summed E-state index contributed by atoms with van der Waals surface area (Å²) in [4.78, 5) is 10.8. The van der Waals surface area contributed by atoms with Crippen LogP contribution in [0.4, 0.5) is 0 Å². The molecule has 0 aromatic heterocycles. The average Bonchev–Trinajstić information content (AvgIpc) is 2.01. The van der Waals surface area contributed by atoms with Crippen LogP contribution in [-0.2, 0) is 14.3 Å². The topological polar surface area (TPSA) is 35.5 Å². The van der Waals surface area contributed by atoms with Gasteiger partial charge in [0.05, 0.1) is 12.7 Å². The summed E-state index contributed by atoms with van der Waals surface area (Å²) >= 11 is 0. The molecule has 0 saturated carbocycles. The lowest BCUT2D eigenvalue weighted by Gasteiger charge is -2.01. The van der Waals surface area contributed by atoms with Crippen LogP contribution < -0.4 is 0 Å². The summed E-state index contributed by atoms with van der Waals surface area (Å²) in [6.45, 7) is 7.71. The lowest BCUT2D eigenvalue weighted by molar-refractivity contribution is -0.137. The van der Waals surface area contributed by atoms with Crippen molar-refractivity contribution in [3.63, 3.8) is 0 Å². The van der Waals surface area contributed by atoms with Gasteiger partial charge in [0.2, 0.25) is 0 Å². The van der Waals surface area contributed by atoms with Crippen molar-refractivity contribution in [3.05, 3.63) is 24.5 Å². The average molecular weight is 170 g/mol. The molecular weight excluding hydrogens is 156 g/mol. The third kappa shape index (κ3) is 5.53. The van der Waals surface area contributed by atoms with Crippen molar-refractivity contribution in [2.24, 2.45) is 0 Å². The molecule has 12 heavy (non-hydrogen) atoms. The Morgan fingerprint density at radius 1 is 1.50 bits per heavy atom. The third-order valence-electron chi connectivity index (χ3n) is 1.04. The second-order valence-electron chi connectivity index (χ2n) is 2.11. The molecule has 0 amide bonds. The molecule has 0 atom stereocenters. The van der Waals surface area contributed by atoms with Crippen molar-refractivity contribution >= 4 is 5.97 Å². The molecule has 0 N–H and O–H groups in total. The summed E-state index contributed by atoms with van der Waals surface area (Å²) in [5.41, 5.74) is 0. The SMILES string of the molecule is C=CCO/C(C)=C/C(=O)OCC. The van der Waals surface area contributed by atoms with E-state index in [9.17, 15) is 4.79 Å². The standard InChI is InChI=1S/C9H14O3/c1-4-6-12-8(3)7-9(10)11-5-2/h4,7H,1,5-6H2,2-3H3/b8-7+. The zero-order valence-corrected chi connectivity index (χ0v) is 7.50. The highest BCUT2D eigenvalue weighted by atomic mass is 16.5. The van der Waals surface area contributed by atoms with Crippen LogP contribution in [0.2, 0.25) is 0 Å². The highest BCUT2D eigenvalue weighted by Crippen LogP contribution is 1.95. The molecule has 3 nitrogen and oxygen atoms in total. The largest absolute Gasteiger partial charge is 0.494 e. The Morgan fingerprint density at radius 2 is 2.17 bits per heavy atom. The molecule has 0 radical (unpaired) electrons. The van der Waals surface area contributed by atoms with Gasteiger partial charge in [-0.25, -0.2) is 4.79 Å². The molecule has 0 aliphatic heterocycles. The van der Waals surface area contributed by atoms with Crippen molar-refractivity contribution in [2.75, 3.05) is 13.2 Å². The Hall–Kier alpha value is -1.25. The molecule has 3 heteroatoms. The van der Waals surface area contributed by atoms with E-state index >= 15 is 0 Å². The minimum Gasteiger partial charge on any atom is -0.494 e. The van der Waals surface area contributed by atoms with Crippen LogP contribution in [0.1, 0.15) is 13.8 Å². The number of hydrogen-bond acceptors (Lipinski definition) is 3. The van der Waals surface area contributed by atoms with Crippen LogP contribution in [0.15, 0.2) is 24.5 Å². The molecule has 0 aromatic rings. The minimum atomic E-state index is -0.376. The predicted molar refractivity (Wildman–Crippen MR) is 46.5 cm³/mol. The minimum absolute atomic E-state index is 0.376. The van der Waals surface area contributed by atoms with Gasteiger partial charge >= 0.3 is 5.97 Å². The van der Waals surface area contributed by atoms with Gasteiger partial charge in [-0.1, -0.05) is 12.7 Å². The first kappa shape index (κ1) is 10.8. The summed E-state index contributed by atoms with van der Waals surface area (Å²) < 4.78 is 9.72. The Bertz CT molecular complexity index is 182. The Morgan fingerprint density at radius 3 is 2.67 bits per heavy atom. The van der Waals surface area contributed by atoms with E-state index in [2.05, 4.69) is 11.3 Å². The maximum absolute atomic E-state index is 10.8. The Balaban J connectivity index is 3.80. The Kier molecular flexibility index (Phi) is 5.79. The summed E-state index contributed by atoms with van der Waals surface area (Å²) in [5.74, 6) is 0.160. The number of hydrogen-bond donors (Lipinski definition) is 0. The van der Waals surface area contributed by atoms with Gasteiger partial charge in [-0.2, -0.15) is 0 Å². The highest BCUT2D eigenvalue weighted by Gasteiger charge is 1.97. The van der Waals surface area contributed by atoms with Gasteiger partial charge in [0, 0.05) is 0 Å². The van der Waals surface area contributed by atoms with Crippen LogP contribution >= 0.6 is 0 Å². The molecule has 0 rings (SSSR count). The van der Waals surface area contributed by atoms with Gasteiger partial charge in [-0.3, -0.25) is 0 Å². The first-order chi connectivity index (χ1) is 5.70. The quantitative estimate of drug-likeness (QED) is 0.272. The van der Waals surface area contributed by atoms with E-state index in [0.29, 0.717) is 19.0 Å². The number of carbonyl (C=O) groups excluding carboxylic acids is 1. The van der Waals surface area contributed by atoms with Gasteiger partial charge in [-0.05, 0) is 13.8 Å². The van der Waals surface area contributed by atoms with Crippen LogP contribution in [0.25, 0.3) is 0 Å². The first-order valence-electron chi connectivity index (χ1n) is 3.79. The van der Waals surface area contributed by atoms with Gasteiger partial charge in [0.15, 0.2) is 0 Å². The van der Waals surface area contributed by atoms with E-state index < -0.39 is 0 Å². The monoisotopic (exact) mass is 170 g/mol. The molecule has 0 unspecified atom stereocenters. The Labute approximate surface area is 72.7 Å². The number of allylic oxidation sites excluding steroid dienone is 1. The summed E-state index contributed by atoms with van der Waals surface area (Å²) in [5, 5.41) is 0. The smallest absolute Gasteiger partial charge is 0.334 e. The molecule has 0 saturated heterocycles. The fourth-order valence-corrected chi connectivity index (χ4v) is 0.582. The molecule has 0 aliphatic rings. The molecule has 0 bridgehead atoms. The maximum Gasteiger partial charge on any atom is 0.334 e. The van der Waals surface area contributed by atoms with Crippen molar-refractivity contribution < 1.29 is 14.3 Å². The fraction of sp³-hybridized carbons (Fsp3) is 0.444. The molecular formula is C9H14O3. The maximum atomic E-state index is 10.8. The van der Waals surface area contributed by atoms with E-state index in [1.807, 2.05) is 0 Å². The van der Waals surface area contributed by atoms with E-state index in [1.54, 1.807) is 19.9 Å². The van der Waals surface area contributed by atoms with Gasteiger partial charge in [0.25, 0.3) is 0 Å². The summed E-state index contributed by atoms with van der Waals surface area (Å²) in [6, 6.07) is 0. The second-order valence-corrected chi connectivity index (χ2v) is 2.11. The van der Waals surface area contributed by atoms with Crippen LogP contribution in [0.3, 0.4) is 0 Å². The van der Waals surface area contributed by atoms with Crippen molar-refractivity contribution in [2.45, 2.75) is 13.8 Å². The lowest BCUT2D eigenvalue weighted by Crippen LogP contribution is -2.01. The van der Waals surface area contributed by atoms with E-state index in [-0.39, 0.29) is 5.97 Å². The molecule has 0 aromatic carbocycles. The van der Waals surface area contributed by atoms with Crippen LogP contribution in [-0.4, -0.2) is 19.2 Å². The third-order valence-corrected chi connectivity index (χ3v) is 1.04. The zero-order chi connectivity index (χ0) is 9.40. The van der Waals surface area contributed by atoms with Gasteiger partial charge in [0.1, 0.15) is 12.4 Å². The summed E-state index contributed by atoms with van der Waals surface area (Å²) in [6.07, 6.45) is 2.93. The second kappa shape index (κ2) is 6.46. The van der Waals surface area contributed by atoms with E-state index in [1.165, 1.54) is 6.08 Å². The first-order valence-corrected chi connectivity index (χ1v) is 3.79. The molecule has 0 aliphatic carbocycles. The fourth-order valence-electron chi connectivity index (χ4n) is 0.582. The van der Waals surface area contributed by atoms with Crippen LogP contribution in [0, 0.1) is 0 Å². The molecule has 0 spiro atoms. The molecule has 0 fully saturated rings. The number of ether oxygens (including phenoxy) is 2. The van der Waals surface area contributed by atoms with E-state index in [0.717, 1.165) is 0 Å². The molecule has 68 valence electrons. The van der Waals surface area contributed by atoms with Crippen molar-refractivity contribution in [3.8, 4) is 0 Å². The van der Waals surface area contributed by atoms with Gasteiger partial charge < -0.3 is 9.47 Å². The summed E-state index contributed by atoms with van der Waals surface area (Å²) in [7, 11) is 0. The normalized spacial score (nSPS) is 10.7. The number of esters is 1. The number of carbonyl (C=O) groups is 1. The zero-order valence-electron chi connectivity index (χ0n) is 7.50. The highest BCUT2D eigenvalue weighted by molar-refractivity contribution is 5.82. The number of rotatable bonds is 5. The van der Waals surface area contributed by atoms with Crippen LogP contribution in [0.5, 0.6) is 0 Å². The van der Waals surface area contributed by atoms with E-state index in [4.69, 9.17) is 4.74 Å². The lowest BCUT2D eigenvalue weighted by atomic mass is 10.5.